The Morgan fingerprint density at radius 3 is 2.71 bits per heavy atom. The van der Waals surface area contributed by atoms with Crippen LogP contribution in [0.4, 0.5) is 0 Å². The summed E-state index contributed by atoms with van der Waals surface area (Å²) in [7, 11) is 1.52. The zero-order valence-electron chi connectivity index (χ0n) is 16.6. The van der Waals surface area contributed by atoms with Crippen LogP contribution in [0.25, 0.3) is 5.32 Å². The number of benzene rings is 1. The number of ether oxygens (including phenoxy) is 1. The molecule has 0 saturated heterocycles. The molecule has 7 heteroatoms. The minimum Gasteiger partial charge on any atom is -0.655 e. The van der Waals surface area contributed by atoms with E-state index in [2.05, 4.69) is 28.3 Å². The van der Waals surface area contributed by atoms with Gasteiger partial charge in [-0.25, -0.2) is 0 Å². The molecule has 2 atom stereocenters. The summed E-state index contributed by atoms with van der Waals surface area (Å²) in [6.07, 6.45) is 7.26. The number of hydrogen-bond acceptors (Lipinski definition) is 5. The van der Waals surface area contributed by atoms with Gasteiger partial charge in [-0.2, -0.15) is 5.26 Å². The Hall–Kier alpha value is -0.802. The number of nitrogens with zero attached hydrogens (tertiary/aromatic N) is 2. The monoisotopic (exact) mass is 558 g/mol. The van der Waals surface area contributed by atoms with E-state index in [1.165, 1.54) is 50.3 Å². The second-order valence-corrected chi connectivity index (χ2v) is 7.25. The van der Waals surface area contributed by atoms with E-state index >= 15 is 0 Å². The molecule has 156 valence electrons. The molecule has 28 heavy (non-hydrogen) atoms. The van der Waals surface area contributed by atoms with Gasteiger partial charge in [-0.3, -0.25) is 5.32 Å². The van der Waals surface area contributed by atoms with E-state index in [-0.39, 0.29) is 27.8 Å². The van der Waals surface area contributed by atoms with Crippen molar-refractivity contribution in [2.75, 3.05) is 33.5 Å². The number of nitriles is 1. The number of hydrogen-bond donors (Lipinski definition) is 3. The summed E-state index contributed by atoms with van der Waals surface area (Å²) < 4.78 is 4.63. The average Bonchev–Trinajstić information content (AvgIpc) is 2.72. The van der Waals surface area contributed by atoms with E-state index < -0.39 is 6.10 Å². The first kappa shape index (κ1) is 25.2. The third kappa shape index (κ3) is 7.91. The predicted molar refractivity (Wildman–Crippen MR) is 105 cm³/mol. The number of nitrogens with one attached hydrogen (secondary N) is 1. The molecule has 0 spiro atoms. The van der Waals surface area contributed by atoms with Crippen LogP contribution in [-0.2, 0) is 32.2 Å². The van der Waals surface area contributed by atoms with E-state index in [0.717, 1.165) is 24.4 Å². The summed E-state index contributed by atoms with van der Waals surface area (Å²) in [5.74, 6) is 0.741. The summed E-state index contributed by atoms with van der Waals surface area (Å²) >= 11 is 0. The van der Waals surface area contributed by atoms with Crippen molar-refractivity contribution in [3.8, 4) is 6.07 Å². The summed E-state index contributed by atoms with van der Waals surface area (Å²) in [5.41, 5.74) is 3.55. The third-order valence-corrected chi connectivity index (χ3v) is 5.24. The molecule has 1 saturated carbocycles. The van der Waals surface area contributed by atoms with Gasteiger partial charge in [0.2, 0.25) is 0 Å². The van der Waals surface area contributed by atoms with Crippen LogP contribution in [0.1, 0.15) is 54.8 Å². The van der Waals surface area contributed by atoms with Gasteiger partial charge in [0.25, 0.3) is 0 Å². The topological polar surface area (TPSA) is 99.6 Å². The second kappa shape index (κ2) is 14.2. The Bertz CT molecular complexity index is 603. The number of fused-ring (bicyclic) bond motifs is 1. The molecule has 1 heterocycles. The first-order valence-corrected chi connectivity index (χ1v) is 9.87. The maximum atomic E-state index is 8.98. The van der Waals surface area contributed by atoms with Crippen molar-refractivity contribution in [2.45, 2.75) is 50.7 Å². The van der Waals surface area contributed by atoms with Crippen LogP contribution in [0.3, 0.4) is 0 Å². The second-order valence-electron chi connectivity index (χ2n) is 7.25. The van der Waals surface area contributed by atoms with Crippen LogP contribution in [0.15, 0.2) is 18.2 Å². The smallest absolute Gasteiger partial charge is 0.0991 e. The van der Waals surface area contributed by atoms with E-state index in [1.54, 1.807) is 0 Å². The molecule has 0 amide bonds. The number of methoxy groups -OCH3 is 1. The van der Waals surface area contributed by atoms with Gasteiger partial charge in [0.1, 0.15) is 0 Å². The quantitative estimate of drug-likeness (QED) is 0.467. The molecule has 0 bridgehead atoms. The van der Waals surface area contributed by atoms with Crippen LogP contribution in [0.5, 0.6) is 0 Å². The molecule has 2 unspecified atom stereocenters. The standard InChI is InChI=1S/C16H19N2.C5H13NO3.W/c17-11-12-6-7-15-14(10-12)8-9-18-16(15)13-4-2-1-3-5-13;1-9-3-5(8)2-6-4-7;/h6-7,10,13,16H,1-5,8-9H2;5-8H,2-4H2,1H3;/q-1;;. The Morgan fingerprint density at radius 1 is 1.32 bits per heavy atom. The first-order chi connectivity index (χ1) is 13.2. The zero-order chi connectivity index (χ0) is 19.5. The first-order valence-electron chi connectivity index (χ1n) is 9.87. The van der Waals surface area contributed by atoms with Gasteiger partial charge >= 0.3 is 0 Å². The van der Waals surface area contributed by atoms with Crippen molar-refractivity contribution in [3.63, 3.8) is 0 Å². The molecule has 3 N–H and O–H groups in total. The SMILES string of the molecule is COCC(O)CNCO.N#Cc1ccc2c(c1)CC[N-]C2C1CCCCC1.[W]. The molecule has 1 aromatic carbocycles. The van der Waals surface area contributed by atoms with E-state index in [1.807, 2.05) is 6.07 Å². The largest absolute Gasteiger partial charge is 0.655 e. The molecule has 6 nitrogen and oxygen atoms in total. The van der Waals surface area contributed by atoms with Gasteiger partial charge in [-0.05, 0) is 24.1 Å². The summed E-state index contributed by atoms with van der Waals surface area (Å²) in [4.78, 5) is 0. The number of aliphatic hydroxyl groups is 2. The van der Waals surface area contributed by atoms with Crippen LogP contribution in [-0.4, -0.2) is 49.9 Å². The molecule has 0 radical (unpaired) electrons. The maximum Gasteiger partial charge on any atom is 0.0991 e. The minimum absolute atomic E-state index is 0. The number of aliphatic hydroxyl groups excluding tert-OH is 2. The molecule has 2 aliphatic rings. The van der Waals surface area contributed by atoms with Crippen molar-refractivity contribution in [1.82, 2.24) is 5.32 Å². The van der Waals surface area contributed by atoms with Gasteiger partial charge in [-0.1, -0.05) is 49.7 Å². The van der Waals surface area contributed by atoms with Crippen molar-refractivity contribution < 1.29 is 36.0 Å². The van der Waals surface area contributed by atoms with E-state index in [9.17, 15) is 0 Å². The van der Waals surface area contributed by atoms with Crippen molar-refractivity contribution >= 4 is 0 Å². The van der Waals surface area contributed by atoms with Gasteiger partial charge in [0.15, 0.2) is 0 Å². The van der Waals surface area contributed by atoms with Gasteiger partial charge in [0.05, 0.1) is 31.1 Å². The Balaban J connectivity index is 0.000000339. The summed E-state index contributed by atoms with van der Waals surface area (Å²) in [5, 5.41) is 33.5. The van der Waals surface area contributed by atoms with E-state index in [0.29, 0.717) is 19.2 Å². The van der Waals surface area contributed by atoms with Crippen molar-refractivity contribution in [2.24, 2.45) is 5.92 Å². The van der Waals surface area contributed by atoms with Crippen molar-refractivity contribution in [1.29, 1.82) is 5.26 Å². The van der Waals surface area contributed by atoms with Crippen LogP contribution in [0, 0.1) is 17.2 Å². The zero-order valence-corrected chi connectivity index (χ0v) is 19.6. The Morgan fingerprint density at radius 2 is 2.07 bits per heavy atom. The fourth-order valence-electron chi connectivity index (χ4n) is 3.94. The average molecular weight is 558 g/mol. The number of rotatable bonds is 6. The fraction of sp³-hybridized carbons (Fsp3) is 0.667. The third-order valence-electron chi connectivity index (χ3n) is 5.24. The Kier molecular flexibility index (Phi) is 12.8. The molecular formula is C21H32N3O3W-. The van der Waals surface area contributed by atoms with Gasteiger partial charge < -0.3 is 20.3 Å². The summed E-state index contributed by atoms with van der Waals surface area (Å²) in [6.45, 7) is 1.49. The normalized spacial score (nSPS) is 20.0. The Labute approximate surface area is 182 Å². The van der Waals surface area contributed by atoms with Crippen LogP contribution < -0.4 is 5.32 Å². The van der Waals surface area contributed by atoms with Gasteiger partial charge in [0, 0.05) is 34.7 Å². The predicted octanol–water partition coefficient (Wildman–Crippen LogP) is 2.64. The van der Waals surface area contributed by atoms with E-state index in [4.69, 9.17) is 20.8 Å². The van der Waals surface area contributed by atoms with Crippen LogP contribution in [0.2, 0.25) is 0 Å². The van der Waals surface area contributed by atoms with Crippen LogP contribution >= 0.6 is 0 Å². The molecular weight excluding hydrogens is 526 g/mol. The minimum atomic E-state index is -0.526. The molecule has 1 aliphatic heterocycles. The molecule has 1 fully saturated rings. The van der Waals surface area contributed by atoms with Crippen molar-refractivity contribution in [3.05, 3.63) is 40.2 Å². The summed E-state index contributed by atoms with van der Waals surface area (Å²) in [6, 6.07) is 8.82. The molecule has 3 rings (SSSR count). The molecule has 1 aromatic rings. The fourth-order valence-corrected chi connectivity index (χ4v) is 3.94. The maximum absolute atomic E-state index is 8.98. The molecule has 1 aliphatic carbocycles. The van der Waals surface area contributed by atoms with Gasteiger partial charge in [-0.15, -0.1) is 12.6 Å². The molecule has 0 aromatic heterocycles.